The Balaban J connectivity index is 1.64. The lowest BCUT2D eigenvalue weighted by Gasteiger charge is -2.63. The van der Waals surface area contributed by atoms with Crippen molar-refractivity contribution in [2.24, 2.45) is 28.6 Å². The van der Waals surface area contributed by atoms with E-state index in [2.05, 4.69) is 0 Å². The highest BCUT2D eigenvalue weighted by atomic mass is 32.2. The highest BCUT2D eigenvalue weighted by Crippen LogP contribution is 2.74. The summed E-state index contributed by atoms with van der Waals surface area (Å²) < 4.78 is 38.2. The molecule has 0 aromatic rings. The number of hydrogen-bond donors (Lipinski definition) is 1. The van der Waals surface area contributed by atoms with Gasteiger partial charge in [-0.2, -0.15) is 0 Å². The second kappa shape index (κ2) is 5.72. The normalized spacial score (nSPS) is 55.9. The van der Waals surface area contributed by atoms with Crippen LogP contribution in [0.3, 0.4) is 0 Å². The number of esters is 1. The number of hydrogen-bond acceptors (Lipinski definition) is 5. The molecule has 5 rings (SSSR count). The molecule has 0 radical (unpaired) electrons. The zero-order chi connectivity index (χ0) is 21.0. The molecule has 1 N–H and O–H groups in total. The molecule has 0 aromatic carbocycles. The summed E-state index contributed by atoms with van der Waals surface area (Å²) in [6, 6.07) is 0. The van der Waals surface area contributed by atoms with Crippen LogP contribution in [0.15, 0.2) is 23.8 Å². The number of ketones is 1. The highest BCUT2D eigenvalue weighted by Gasteiger charge is 2.77. The fourth-order valence-electron chi connectivity index (χ4n) is 7.41. The van der Waals surface area contributed by atoms with E-state index in [1.54, 1.807) is 6.92 Å². The molecule has 9 atom stereocenters. The number of halogens is 2. The van der Waals surface area contributed by atoms with Gasteiger partial charge in [0, 0.05) is 22.7 Å². The van der Waals surface area contributed by atoms with Crippen LogP contribution in [-0.2, 0) is 14.3 Å². The van der Waals surface area contributed by atoms with Crippen molar-refractivity contribution in [3.8, 4) is 0 Å². The summed E-state index contributed by atoms with van der Waals surface area (Å²) in [6.45, 7) is 5.57. The standard InChI is InChI=1S/C22H26F2O4S/c1-11-6-13-14-8-16(23)15-7-12(25)4-5-19(15,2)21(14,24)17(26)9-20(13,3)22(11)28-18(27)10-29-22/h4-5,7,11,13-14,16-17,26H,6,8-10H2,1-3H3/t11-,13+,14+,16+,17+,19+,20+,21+,22+/m1/s1. The molecular weight excluding hydrogens is 398 g/mol. The van der Waals surface area contributed by atoms with E-state index >= 15 is 8.78 Å². The number of fused-ring (bicyclic) bond motifs is 6. The lowest BCUT2D eigenvalue weighted by atomic mass is 9.45. The van der Waals surface area contributed by atoms with Gasteiger partial charge in [0.05, 0.1) is 11.9 Å². The van der Waals surface area contributed by atoms with Gasteiger partial charge in [0.1, 0.15) is 6.17 Å². The molecule has 4 aliphatic carbocycles. The van der Waals surface area contributed by atoms with Crippen LogP contribution in [0.1, 0.15) is 40.0 Å². The molecular formula is C22H26F2O4S. The quantitative estimate of drug-likeness (QED) is 0.603. The zero-order valence-electron chi connectivity index (χ0n) is 16.8. The van der Waals surface area contributed by atoms with Crippen LogP contribution < -0.4 is 0 Å². The average molecular weight is 425 g/mol. The Bertz CT molecular complexity index is 873. The third-order valence-electron chi connectivity index (χ3n) is 8.74. The molecule has 0 aromatic heterocycles. The predicted octanol–water partition coefficient (Wildman–Crippen LogP) is 3.54. The van der Waals surface area contributed by atoms with Crippen molar-refractivity contribution in [3.05, 3.63) is 23.8 Å². The van der Waals surface area contributed by atoms with Crippen molar-refractivity contribution >= 4 is 23.5 Å². The average Bonchev–Trinajstić information content (AvgIpc) is 3.14. The van der Waals surface area contributed by atoms with Gasteiger partial charge in [-0.25, -0.2) is 8.78 Å². The van der Waals surface area contributed by atoms with E-state index < -0.39 is 39.6 Å². The molecule has 4 nitrogen and oxygen atoms in total. The molecule has 29 heavy (non-hydrogen) atoms. The van der Waals surface area contributed by atoms with Crippen LogP contribution in [0.2, 0.25) is 0 Å². The van der Waals surface area contributed by atoms with Gasteiger partial charge in [-0.05, 0) is 49.8 Å². The molecule has 4 fully saturated rings. The number of carbonyl (C=O) groups is 2. The number of aliphatic hydroxyl groups excluding tert-OH is 1. The van der Waals surface area contributed by atoms with Crippen molar-refractivity contribution in [2.75, 3.05) is 5.75 Å². The summed E-state index contributed by atoms with van der Waals surface area (Å²) in [5.74, 6) is -1.36. The number of aliphatic hydroxyl groups is 1. The Kier molecular flexibility index (Phi) is 3.90. The first kappa shape index (κ1) is 19.7. The van der Waals surface area contributed by atoms with Gasteiger partial charge >= 0.3 is 5.97 Å². The maximum atomic E-state index is 17.0. The molecule has 1 heterocycles. The predicted molar refractivity (Wildman–Crippen MR) is 104 cm³/mol. The SMILES string of the molecule is C[C@@H]1C[C@H]2[C@@H]3C[C@H](F)C4=CC(=O)C=C[C@]4(C)[C@@]3(F)[C@@H](O)C[C@]2(C)[C@]12OC(=O)CS2. The second-order valence-electron chi connectivity index (χ2n) is 9.93. The van der Waals surface area contributed by atoms with Crippen molar-refractivity contribution < 1.29 is 28.2 Å². The lowest BCUT2D eigenvalue weighted by molar-refractivity contribution is -0.215. The number of carbonyl (C=O) groups excluding carboxylic acids is 2. The fraction of sp³-hybridized carbons (Fsp3) is 0.727. The first-order valence-electron chi connectivity index (χ1n) is 10.3. The van der Waals surface area contributed by atoms with E-state index in [1.165, 1.54) is 30.0 Å². The van der Waals surface area contributed by atoms with Gasteiger partial charge in [0.25, 0.3) is 0 Å². The number of thioether (sulfide) groups is 1. The summed E-state index contributed by atoms with van der Waals surface area (Å²) in [5.41, 5.74) is -3.97. The molecule has 1 saturated heterocycles. The molecule has 0 bridgehead atoms. The van der Waals surface area contributed by atoms with Crippen LogP contribution in [0.25, 0.3) is 0 Å². The van der Waals surface area contributed by atoms with Gasteiger partial charge in [0.2, 0.25) is 0 Å². The maximum Gasteiger partial charge on any atom is 0.317 e. The Morgan fingerprint density at radius 1 is 1.24 bits per heavy atom. The van der Waals surface area contributed by atoms with E-state index in [1.807, 2.05) is 13.8 Å². The Hall–Kier alpha value is -1.21. The fourth-order valence-corrected chi connectivity index (χ4v) is 8.89. The molecule has 7 heteroatoms. The number of rotatable bonds is 0. The minimum Gasteiger partial charge on any atom is -0.446 e. The van der Waals surface area contributed by atoms with Crippen molar-refractivity contribution in [2.45, 2.75) is 62.9 Å². The summed E-state index contributed by atoms with van der Waals surface area (Å²) >= 11 is 1.45. The van der Waals surface area contributed by atoms with E-state index in [9.17, 15) is 14.7 Å². The van der Waals surface area contributed by atoms with Crippen LogP contribution in [0, 0.1) is 28.6 Å². The number of ether oxygens (including phenoxy) is 1. The van der Waals surface area contributed by atoms with Gasteiger partial charge in [-0.1, -0.05) is 19.9 Å². The first-order chi connectivity index (χ1) is 13.5. The van der Waals surface area contributed by atoms with Crippen molar-refractivity contribution in [1.82, 2.24) is 0 Å². The Morgan fingerprint density at radius 3 is 2.62 bits per heavy atom. The van der Waals surface area contributed by atoms with Crippen molar-refractivity contribution in [3.63, 3.8) is 0 Å². The molecule has 158 valence electrons. The smallest absolute Gasteiger partial charge is 0.317 e. The summed E-state index contributed by atoms with van der Waals surface area (Å²) in [6.07, 6.45) is 1.83. The van der Waals surface area contributed by atoms with E-state index in [-0.39, 0.29) is 47.8 Å². The summed E-state index contributed by atoms with van der Waals surface area (Å²) in [5, 5.41) is 11.2. The molecule has 5 aliphatic rings. The summed E-state index contributed by atoms with van der Waals surface area (Å²) in [4.78, 5) is 23.1. The first-order valence-corrected chi connectivity index (χ1v) is 11.3. The van der Waals surface area contributed by atoms with Crippen LogP contribution in [0.5, 0.6) is 0 Å². The largest absolute Gasteiger partial charge is 0.446 e. The minimum atomic E-state index is -2.08. The monoisotopic (exact) mass is 424 g/mol. The topological polar surface area (TPSA) is 63.6 Å². The minimum absolute atomic E-state index is 0.0187. The molecule has 3 saturated carbocycles. The van der Waals surface area contributed by atoms with Gasteiger partial charge < -0.3 is 9.84 Å². The van der Waals surface area contributed by atoms with Crippen LogP contribution in [0.4, 0.5) is 8.78 Å². The molecule has 1 spiro atoms. The molecule has 0 unspecified atom stereocenters. The third-order valence-corrected chi connectivity index (χ3v) is 10.5. The Labute approximate surface area is 173 Å². The van der Waals surface area contributed by atoms with E-state index in [0.717, 1.165) is 0 Å². The lowest BCUT2D eigenvalue weighted by Crippen LogP contribution is -2.69. The van der Waals surface area contributed by atoms with Crippen molar-refractivity contribution in [1.29, 1.82) is 0 Å². The number of allylic oxidation sites excluding steroid dienone is 4. The third kappa shape index (κ3) is 2.09. The highest BCUT2D eigenvalue weighted by molar-refractivity contribution is 8.01. The van der Waals surface area contributed by atoms with Gasteiger partial charge in [-0.15, -0.1) is 11.8 Å². The van der Waals surface area contributed by atoms with E-state index in [4.69, 9.17) is 4.74 Å². The van der Waals surface area contributed by atoms with Gasteiger partial charge in [-0.3, -0.25) is 9.59 Å². The zero-order valence-corrected chi connectivity index (χ0v) is 17.6. The summed E-state index contributed by atoms with van der Waals surface area (Å²) in [7, 11) is 0. The second-order valence-corrected chi connectivity index (χ2v) is 11.1. The maximum absolute atomic E-state index is 17.0. The van der Waals surface area contributed by atoms with Gasteiger partial charge in [0.15, 0.2) is 16.4 Å². The van der Waals surface area contributed by atoms with Crippen LogP contribution >= 0.6 is 11.8 Å². The molecule has 1 aliphatic heterocycles. The van der Waals surface area contributed by atoms with E-state index in [0.29, 0.717) is 6.42 Å². The molecule has 0 amide bonds. The Morgan fingerprint density at radius 2 is 1.97 bits per heavy atom. The number of alkyl halides is 2. The van der Waals surface area contributed by atoms with Crippen LogP contribution in [-0.4, -0.2) is 45.5 Å².